The van der Waals surface area contributed by atoms with E-state index in [-0.39, 0.29) is 0 Å². The van der Waals surface area contributed by atoms with Gasteiger partial charge in [-0.2, -0.15) is 0 Å². The summed E-state index contributed by atoms with van der Waals surface area (Å²) in [5.74, 6) is 10.5. The second-order valence-electron chi connectivity index (χ2n) is 3.36. The Hall–Kier alpha value is -0.745. The molecule has 0 aliphatic heterocycles. The van der Waals surface area contributed by atoms with Crippen LogP contribution >= 0.6 is 0 Å². The highest BCUT2D eigenvalue weighted by molar-refractivity contribution is 6.12. The van der Waals surface area contributed by atoms with Crippen molar-refractivity contribution in [3.8, 4) is 0 Å². The number of carbonyl (C=O) groups excluding carboxylic acids is 1. The van der Waals surface area contributed by atoms with Crippen molar-refractivity contribution in [1.29, 1.82) is 0 Å². The molecule has 0 rings (SSSR count). The highest BCUT2D eigenvalue weighted by Crippen LogP contribution is 2.07. The Morgan fingerprint density at radius 3 is 2.14 bits per heavy atom. The number of hydrazine groups is 2. The van der Waals surface area contributed by atoms with Crippen LogP contribution in [0.25, 0.3) is 0 Å². The van der Waals surface area contributed by atoms with Gasteiger partial charge in [0.15, 0.2) is 0 Å². The highest BCUT2D eigenvalue weighted by atomic mass is 16.2. The first-order chi connectivity index (χ1) is 6.49. The molecule has 2 amide bonds. The first kappa shape index (κ1) is 15.7. The summed E-state index contributed by atoms with van der Waals surface area (Å²) in [5.41, 5.74) is 1.83. The molecule has 0 bridgehead atoms. The van der Waals surface area contributed by atoms with Crippen molar-refractivity contribution < 1.29 is 4.79 Å². The summed E-state index contributed by atoms with van der Waals surface area (Å²) < 4.78 is 0. The van der Waals surface area contributed by atoms with Crippen molar-refractivity contribution in [1.82, 2.24) is 10.3 Å². The molecule has 0 spiro atoms. The largest absolute Gasteiger partial charge is 0.332 e. The SMILES string of the molecule is BN(N)C(=O)NN.CCCC(C)CC. The molecule has 0 aliphatic carbocycles. The van der Waals surface area contributed by atoms with Crippen LogP contribution in [0.15, 0.2) is 0 Å². The predicted octanol–water partition coefficient (Wildman–Crippen LogP) is 0.126. The summed E-state index contributed by atoms with van der Waals surface area (Å²) in [7, 11) is 1.39. The van der Waals surface area contributed by atoms with Crippen molar-refractivity contribution in [3.63, 3.8) is 0 Å². The van der Waals surface area contributed by atoms with Crippen LogP contribution in [-0.2, 0) is 0 Å². The van der Waals surface area contributed by atoms with E-state index in [0.717, 1.165) is 10.8 Å². The van der Waals surface area contributed by atoms with Gasteiger partial charge in [0.25, 0.3) is 0 Å². The van der Waals surface area contributed by atoms with Crippen LogP contribution < -0.4 is 17.1 Å². The average molecular weight is 202 g/mol. The summed E-state index contributed by atoms with van der Waals surface area (Å²) >= 11 is 0. The minimum atomic E-state index is -0.514. The van der Waals surface area contributed by atoms with Gasteiger partial charge in [-0.05, 0) is 5.92 Å². The number of urea groups is 1. The lowest BCUT2D eigenvalue weighted by molar-refractivity contribution is 0.225. The zero-order chi connectivity index (χ0) is 11.6. The van der Waals surface area contributed by atoms with Gasteiger partial charge in [-0.25, -0.2) is 10.6 Å². The maximum absolute atomic E-state index is 10.1. The normalized spacial score (nSPS) is 10.9. The number of amides is 2. The van der Waals surface area contributed by atoms with Gasteiger partial charge in [0.1, 0.15) is 0 Å². The standard InChI is InChI=1S/C7H16.CH7BN4O/c1-4-6-7(3)5-2;2-6(4)1(7)5-3/h7H,4-6H2,1-3H3;2-4H2,(H,5,7). The van der Waals surface area contributed by atoms with Crippen LogP contribution in [0, 0.1) is 5.92 Å². The molecular formula is C8H23BN4O. The second kappa shape index (κ2) is 10.3. The Labute approximate surface area is 87.6 Å². The highest BCUT2D eigenvalue weighted by Gasteiger charge is 1.95. The van der Waals surface area contributed by atoms with Crippen molar-refractivity contribution >= 4 is 14.0 Å². The van der Waals surface area contributed by atoms with Gasteiger partial charge in [-0.15, -0.1) is 0 Å². The van der Waals surface area contributed by atoms with Crippen LogP contribution in [0.5, 0.6) is 0 Å². The second-order valence-corrected chi connectivity index (χ2v) is 3.36. The third kappa shape index (κ3) is 11.3. The van der Waals surface area contributed by atoms with E-state index in [2.05, 4.69) is 26.6 Å². The lowest BCUT2D eigenvalue weighted by Crippen LogP contribution is -2.45. The summed E-state index contributed by atoms with van der Waals surface area (Å²) in [6.45, 7) is 6.80. The summed E-state index contributed by atoms with van der Waals surface area (Å²) in [5, 5.41) is 0. The first-order valence-corrected chi connectivity index (χ1v) is 4.98. The number of nitrogens with zero attached hydrogens (tertiary/aromatic N) is 1. The fourth-order valence-corrected chi connectivity index (χ4v) is 0.799. The van der Waals surface area contributed by atoms with Gasteiger partial charge in [-0.1, -0.05) is 40.0 Å². The summed E-state index contributed by atoms with van der Waals surface area (Å²) in [6, 6.07) is -0.514. The predicted molar refractivity (Wildman–Crippen MR) is 61.7 cm³/mol. The molecule has 0 saturated heterocycles. The Morgan fingerprint density at radius 1 is 1.57 bits per heavy atom. The van der Waals surface area contributed by atoms with Crippen LogP contribution in [0.1, 0.15) is 40.0 Å². The van der Waals surface area contributed by atoms with Gasteiger partial charge in [0.2, 0.25) is 7.98 Å². The maximum Gasteiger partial charge on any atom is 0.332 e. The molecule has 0 fully saturated rings. The summed E-state index contributed by atoms with van der Waals surface area (Å²) in [6.07, 6.45) is 4.08. The zero-order valence-electron chi connectivity index (χ0n) is 9.71. The fourth-order valence-electron chi connectivity index (χ4n) is 0.799. The molecule has 1 atom stereocenters. The third-order valence-corrected chi connectivity index (χ3v) is 1.92. The Balaban J connectivity index is 0. The van der Waals surface area contributed by atoms with E-state index in [0.29, 0.717) is 0 Å². The van der Waals surface area contributed by atoms with Crippen molar-refractivity contribution in [2.75, 3.05) is 0 Å². The Morgan fingerprint density at radius 2 is 2.07 bits per heavy atom. The quantitative estimate of drug-likeness (QED) is 0.263. The van der Waals surface area contributed by atoms with E-state index in [9.17, 15) is 4.79 Å². The van der Waals surface area contributed by atoms with Crippen LogP contribution in [0.4, 0.5) is 4.79 Å². The molecule has 0 radical (unpaired) electrons. The molecule has 0 aromatic heterocycles. The van der Waals surface area contributed by atoms with Crippen molar-refractivity contribution in [3.05, 3.63) is 0 Å². The summed E-state index contributed by atoms with van der Waals surface area (Å²) in [4.78, 5) is 10.9. The number of hydrogen-bond donors (Lipinski definition) is 3. The Bertz CT molecular complexity index is 143. The molecular weight excluding hydrogens is 179 g/mol. The van der Waals surface area contributed by atoms with Gasteiger partial charge in [0.05, 0.1) is 0 Å². The number of nitrogens with two attached hydrogens (primary N) is 2. The minimum absolute atomic E-state index is 0.514. The average Bonchev–Trinajstić information content (AvgIpc) is 2.17. The first-order valence-electron chi connectivity index (χ1n) is 4.98. The van der Waals surface area contributed by atoms with Crippen LogP contribution in [0.2, 0.25) is 0 Å². The molecule has 5 N–H and O–H groups in total. The Kier molecular flexibility index (Phi) is 11.6. The van der Waals surface area contributed by atoms with E-state index in [1.165, 1.54) is 27.2 Å². The van der Waals surface area contributed by atoms with E-state index in [1.807, 2.05) is 5.43 Å². The molecule has 84 valence electrons. The lowest BCUT2D eigenvalue weighted by Gasteiger charge is -2.06. The van der Waals surface area contributed by atoms with E-state index in [4.69, 9.17) is 5.84 Å². The van der Waals surface area contributed by atoms with Crippen LogP contribution in [-0.4, -0.2) is 18.9 Å². The smallest absolute Gasteiger partial charge is 0.317 e. The monoisotopic (exact) mass is 202 g/mol. The number of hydrogen-bond acceptors (Lipinski definition) is 3. The van der Waals surface area contributed by atoms with Gasteiger partial charge < -0.3 is 4.92 Å². The molecule has 0 saturated carbocycles. The zero-order valence-corrected chi connectivity index (χ0v) is 9.71. The molecule has 6 heteroatoms. The van der Waals surface area contributed by atoms with Crippen LogP contribution in [0.3, 0.4) is 0 Å². The maximum atomic E-state index is 10.1. The molecule has 5 nitrogen and oxygen atoms in total. The van der Waals surface area contributed by atoms with E-state index < -0.39 is 6.03 Å². The molecule has 1 unspecified atom stereocenters. The number of rotatable bonds is 3. The van der Waals surface area contributed by atoms with Gasteiger partial charge in [0, 0.05) is 0 Å². The van der Waals surface area contributed by atoms with Crippen molar-refractivity contribution in [2.45, 2.75) is 40.0 Å². The molecule has 0 aliphatic rings. The van der Waals surface area contributed by atoms with Gasteiger partial charge in [-0.3, -0.25) is 11.3 Å². The number of nitrogens with one attached hydrogen (secondary N) is 1. The van der Waals surface area contributed by atoms with Crippen molar-refractivity contribution in [2.24, 2.45) is 17.6 Å². The lowest BCUT2D eigenvalue weighted by atomic mass is 10.0. The fraction of sp³-hybridized carbons (Fsp3) is 0.875. The van der Waals surface area contributed by atoms with E-state index in [1.54, 1.807) is 0 Å². The van der Waals surface area contributed by atoms with Gasteiger partial charge >= 0.3 is 6.03 Å². The number of carbonyl (C=O) groups is 1. The molecule has 14 heavy (non-hydrogen) atoms. The van der Waals surface area contributed by atoms with E-state index >= 15 is 0 Å². The molecule has 0 aromatic carbocycles. The molecule has 0 heterocycles. The molecule has 0 aromatic rings. The third-order valence-electron chi connectivity index (χ3n) is 1.92. The topological polar surface area (TPSA) is 84.4 Å². The minimum Gasteiger partial charge on any atom is -0.317 e.